The Morgan fingerprint density at radius 1 is 1.47 bits per heavy atom. The fourth-order valence-corrected chi connectivity index (χ4v) is 3.66. The Kier molecular flexibility index (Phi) is 6.20. The molecule has 2 unspecified atom stereocenters. The number of hydrogen-bond acceptors (Lipinski definition) is 2. The maximum atomic E-state index is 12.0. The molecule has 1 N–H and O–H groups in total. The topological polar surface area (TPSA) is 49.4 Å². The van der Waals surface area contributed by atoms with Gasteiger partial charge in [0.05, 0.1) is 0 Å². The highest BCUT2D eigenvalue weighted by molar-refractivity contribution is 7.87. The molecule has 0 aromatic heterocycles. The molecule has 6 heteroatoms. The fraction of sp³-hybridized carbons (Fsp3) is 1.00. The van der Waals surface area contributed by atoms with E-state index in [-0.39, 0.29) is 11.4 Å². The highest BCUT2D eigenvalue weighted by atomic mass is 35.5. The van der Waals surface area contributed by atoms with Crippen LogP contribution in [0.25, 0.3) is 0 Å². The lowest BCUT2D eigenvalue weighted by atomic mass is 10.1. The van der Waals surface area contributed by atoms with Crippen LogP contribution in [-0.2, 0) is 10.2 Å². The molecule has 1 aliphatic heterocycles. The van der Waals surface area contributed by atoms with Gasteiger partial charge in [0.25, 0.3) is 10.2 Å². The number of rotatable bonds is 6. The van der Waals surface area contributed by atoms with E-state index in [0.717, 1.165) is 25.7 Å². The molecule has 0 amide bonds. The highest BCUT2D eigenvalue weighted by Gasteiger charge is 2.28. The predicted molar refractivity (Wildman–Crippen MR) is 71.5 cm³/mol. The van der Waals surface area contributed by atoms with Crippen LogP contribution in [0.4, 0.5) is 0 Å². The van der Waals surface area contributed by atoms with Gasteiger partial charge in [-0.2, -0.15) is 12.7 Å². The van der Waals surface area contributed by atoms with Crippen molar-refractivity contribution in [3.8, 4) is 0 Å². The van der Waals surface area contributed by atoms with Crippen molar-refractivity contribution in [2.45, 2.75) is 57.4 Å². The van der Waals surface area contributed by atoms with Gasteiger partial charge in [-0.3, -0.25) is 0 Å². The SMILES string of the molecule is CCC(Cl)CCNS(=O)(=O)N1CCCCC1C. The minimum Gasteiger partial charge on any atom is -0.202 e. The lowest BCUT2D eigenvalue weighted by Crippen LogP contribution is -2.48. The molecule has 0 aromatic rings. The van der Waals surface area contributed by atoms with Gasteiger partial charge < -0.3 is 0 Å². The Bertz CT molecular complexity index is 321. The third-order valence-corrected chi connectivity index (χ3v) is 5.49. The highest BCUT2D eigenvalue weighted by Crippen LogP contribution is 2.19. The summed E-state index contributed by atoms with van der Waals surface area (Å²) in [5.74, 6) is 0. The molecule has 0 aromatic carbocycles. The maximum absolute atomic E-state index is 12.0. The summed E-state index contributed by atoms with van der Waals surface area (Å²) in [4.78, 5) is 0. The van der Waals surface area contributed by atoms with Crippen molar-refractivity contribution in [3.05, 3.63) is 0 Å². The van der Waals surface area contributed by atoms with Crippen LogP contribution in [0.2, 0.25) is 0 Å². The molecule has 1 fully saturated rings. The van der Waals surface area contributed by atoms with Crippen molar-refractivity contribution in [1.82, 2.24) is 9.03 Å². The van der Waals surface area contributed by atoms with Gasteiger partial charge in [0.1, 0.15) is 0 Å². The number of halogens is 1. The van der Waals surface area contributed by atoms with E-state index >= 15 is 0 Å². The van der Waals surface area contributed by atoms with Crippen molar-refractivity contribution in [3.63, 3.8) is 0 Å². The van der Waals surface area contributed by atoms with Crippen molar-refractivity contribution >= 4 is 21.8 Å². The van der Waals surface area contributed by atoms with Crippen LogP contribution in [0.15, 0.2) is 0 Å². The first-order valence-corrected chi connectivity index (χ1v) is 8.25. The van der Waals surface area contributed by atoms with Gasteiger partial charge >= 0.3 is 0 Å². The van der Waals surface area contributed by atoms with Crippen LogP contribution in [0, 0.1) is 0 Å². The molecule has 1 heterocycles. The molecular formula is C11H23ClN2O2S. The second kappa shape index (κ2) is 6.92. The summed E-state index contributed by atoms with van der Waals surface area (Å²) in [5, 5.41) is 0.0523. The van der Waals surface area contributed by atoms with E-state index in [1.165, 1.54) is 0 Å². The van der Waals surface area contributed by atoms with Gasteiger partial charge in [-0.1, -0.05) is 13.3 Å². The molecule has 1 aliphatic rings. The second-order valence-electron chi connectivity index (χ2n) is 4.65. The van der Waals surface area contributed by atoms with Crippen LogP contribution >= 0.6 is 11.6 Å². The van der Waals surface area contributed by atoms with Gasteiger partial charge in [-0.15, -0.1) is 11.6 Å². The molecule has 0 spiro atoms. The summed E-state index contributed by atoms with van der Waals surface area (Å²) < 4.78 is 28.3. The minimum absolute atomic E-state index is 0.0523. The van der Waals surface area contributed by atoms with Crippen LogP contribution < -0.4 is 4.72 Å². The van der Waals surface area contributed by atoms with Gasteiger partial charge in [0.2, 0.25) is 0 Å². The monoisotopic (exact) mass is 282 g/mol. The summed E-state index contributed by atoms with van der Waals surface area (Å²) in [6.45, 7) is 5.02. The molecule has 0 radical (unpaired) electrons. The van der Waals surface area contributed by atoms with E-state index in [1.807, 2.05) is 13.8 Å². The molecule has 17 heavy (non-hydrogen) atoms. The first kappa shape index (κ1) is 15.2. The van der Waals surface area contributed by atoms with E-state index in [9.17, 15) is 8.42 Å². The Morgan fingerprint density at radius 3 is 2.76 bits per heavy atom. The van der Waals surface area contributed by atoms with Gasteiger partial charge in [0, 0.05) is 24.5 Å². The molecule has 0 aliphatic carbocycles. The average molecular weight is 283 g/mol. The first-order valence-electron chi connectivity index (χ1n) is 6.38. The van der Waals surface area contributed by atoms with E-state index in [4.69, 9.17) is 11.6 Å². The molecule has 4 nitrogen and oxygen atoms in total. The lowest BCUT2D eigenvalue weighted by Gasteiger charge is -2.32. The van der Waals surface area contributed by atoms with Gasteiger partial charge in [0.15, 0.2) is 0 Å². The number of nitrogens with one attached hydrogen (secondary N) is 1. The maximum Gasteiger partial charge on any atom is 0.279 e. The van der Waals surface area contributed by atoms with Crippen LogP contribution in [-0.4, -0.2) is 37.2 Å². The third-order valence-electron chi connectivity index (χ3n) is 3.24. The molecule has 1 rings (SSSR count). The Morgan fingerprint density at radius 2 is 2.18 bits per heavy atom. The minimum atomic E-state index is -3.31. The summed E-state index contributed by atoms with van der Waals surface area (Å²) in [6, 6.07) is 0.110. The molecule has 102 valence electrons. The first-order chi connectivity index (χ1) is 7.97. The van der Waals surface area contributed by atoms with Crippen molar-refractivity contribution in [2.75, 3.05) is 13.1 Å². The Balaban J connectivity index is 2.44. The zero-order chi connectivity index (χ0) is 12.9. The smallest absolute Gasteiger partial charge is 0.202 e. The Hall–Kier alpha value is 0.160. The molecule has 2 atom stereocenters. The van der Waals surface area contributed by atoms with Crippen LogP contribution in [0.5, 0.6) is 0 Å². The van der Waals surface area contributed by atoms with Crippen LogP contribution in [0.1, 0.15) is 46.0 Å². The third kappa shape index (κ3) is 4.73. The summed E-state index contributed by atoms with van der Waals surface area (Å²) in [5.41, 5.74) is 0. The van der Waals surface area contributed by atoms with E-state index < -0.39 is 10.2 Å². The number of piperidine rings is 1. The van der Waals surface area contributed by atoms with E-state index in [1.54, 1.807) is 4.31 Å². The van der Waals surface area contributed by atoms with Gasteiger partial charge in [-0.05, 0) is 32.6 Å². The van der Waals surface area contributed by atoms with Crippen molar-refractivity contribution in [1.29, 1.82) is 0 Å². The fourth-order valence-electron chi connectivity index (χ4n) is 2.06. The zero-order valence-electron chi connectivity index (χ0n) is 10.7. The van der Waals surface area contributed by atoms with Gasteiger partial charge in [-0.25, -0.2) is 4.72 Å². The van der Waals surface area contributed by atoms with Crippen LogP contribution in [0.3, 0.4) is 0 Å². The molecule has 0 saturated carbocycles. The lowest BCUT2D eigenvalue weighted by molar-refractivity contribution is 0.265. The van der Waals surface area contributed by atoms with Crippen molar-refractivity contribution in [2.24, 2.45) is 0 Å². The quantitative estimate of drug-likeness (QED) is 0.759. The molecular weight excluding hydrogens is 260 g/mol. The number of alkyl halides is 1. The van der Waals surface area contributed by atoms with E-state index in [0.29, 0.717) is 19.5 Å². The normalized spacial score (nSPS) is 24.8. The second-order valence-corrected chi connectivity index (χ2v) is 6.97. The molecule has 0 bridgehead atoms. The Labute approximate surface area is 110 Å². The standard InChI is InChI=1S/C11H23ClN2O2S/c1-3-11(12)7-8-13-17(15,16)14-9-5-4-6-10(14)2/h10-11,13H,3-9H2,1-2H3. The van der Waals surface area contributed by atoms with E-state index in [2.05, 4.69) is 4.72 Å². The summed E-state index contributed by atoms with van der Waals surface area (Å²) in [6.07, 6.45) is 4.57. The number of nitrogens with zero attached hydrogens (tertiary/aromatic N) is 1. The average Bonchev–Trinajstić information content (AvgIpc) is 2.28. The summed E-state index contributed by atoms with van der Waals surface area (Å²) in [7, 11) is -3.31. The number of hydrogen-bond donors (Lipinski definition) is 1. The largest absolute Gasteiger partial charge is 0.279 e. The predicted octanol–water partition coefficient (Wildman–Crippen LogP) is 2.10. The van der Waals surface area contributed by atoms with Crippen molar-refractivity contribution < 1.29 is 8.42 Å². The summed E-state index contributed by atoms with van der Waals surface area (Å²) >= 11 is 5.96. The zero-order valence-corrected chi connectivity index (χ0v) is 12.2. The molecule has 1 saturated heterocycles.